The average molecular weight is 273 g/mol. The van der Waals surface area contributed by atoms with Crippen LogP contribution in [0.1, 0.15) is 38.7 Å². The highest BCUT2D eigenvalue weighted by Crippen LogP contribution is 2.11. The van der Waals surface area contributed by atoms with Crippen LogP contribution in [0, 0.1) is 11.3 Å². The summed E-state index contributed by atoms with van der Waals surface area (Å²) in [6.45, 7) is 5.08. The van der Waals surface area contributed by atoms with Crippen molar-refractivity contribution in [1.82, 2.24) is 4.90 Å². The van der Waals surface area contributed by atoms with E-state index in [-0.39, 0.29) is 5.91 Å². The van der Waals surface area contributed by atoms with Crippen molar-refractivity contribution in [2.45, 2.75) is 39.2 Å². The summed E-state index contributed by atoms with van der Waals surface area (Å²) in [4.78, 5) is 14.1. The van der Waals surface area contributed by atoms with E-state index in [1.54, 1.807) is 24.3 Å². The molecule has 0 aromatic heterocycles. The highest BCUT2D eigenvalue weighted by Gasteiger charge is 2.12. The van der Waals surface area contributed by atoms with Crippen molar-refractivity contribution in [3.63, 3.8) is 0 Å². The van der Waals surface area contributed by atoms with Gasteiger partial charge in [0.25, 0.3) is 0 Å². The molecule has 0 unspecified atom stereocenters. The molecular weight excluding hydrogens is 250 g/mol. The second kappa shape index (κ2) is 8.34. The molecule has 0 heterocycles. The van der Waals surface area contributed by atoms with Crippen LogP contribution in [0.5, 0.6) is 0 Å². The van der Waals surface area contributed by atoms with Gasteiger partial charge in [0.15, 0.2) is 0 Å². The molecule has 1 rings (SSSR count). The molecule has 1 aromatic carbocycles. The minimum Gasteiger partial charge on any atom is -0.326 e. The summed E-state index contributed by atoms with van der Waals surface area (Å²) in [5, 5.41) is 11.6. The maximum Gasteiger partial charge on any atom is 0.225 e. The molecule has 20 heavy (non-hydrogen) atoms. The van der Waals surface area contributed by atoms with Crippen molar-refractivity contribution in [2.24, 2.45) is 0 Å². The van der Waals surface area contributed by atoms with E-state index in [1.807, 2.05) is 0 Å². The molecule has 1 N–H and O–H groups in total. The fourth-order valence-electron chi connectivity index (χ4n) is 2.26. The smallest absolute Gasteiger partial charge is 0.225 e. The number of nitriles is 1. The molecule has 0 fully saturated rings. The molecule has 0 aliphatic carbocycles. The summed E-state index contributed by atoms with van der Waals surface area (Å²) >= 11 is 0. The van der Waals surface area contributed by atoms with Crippen LogP contribution in [0.4, 0.5) is 5.69 Å². The summed E-state index contributed by atoms with van der Waals surface area (Å²) in [5.74, 6) is -0.0158. The zero-order chi connectivity index (χ0) is 15.0. The summed E-state index contributed by atoms with van der Waals surface area (Å²) < 4.78 is 0. The summed E-state index contributed by atoms with van der Waals surface area (Å²) in [7, 11) is 2.06. The highest BCUT2D eigenvalue weighted by molar-refractivity contribution is 5.90. The maximum absolute atomic E-state index is 11.9. The van der Waals surface area contributed by atoms with Crippen LogP contribution in [0.3, 0.4) is 0 Å². The number of rotatable bonds is 7. The highest BCUT2D eigenvalue weighted by atomic mass is 16.1. The molecule has 4 nitrogen and oxygen atoms in total. The van der Waals surface area contributed by atoms with Gasteiger partial charge in [0.1, 0.15) is 0 Å². The number of carbonyl (C=O) groups excluding carboxylic acids is 1. The van der Waals surface area contributed by atoms with Gasteiger partial charge in [-0.15, -0.1) is 0 Å². The Morgan fingerprint density at radius 2 is 2.10 bits per heavy atom. The van der Waals surface area contributed by atoms with Crippen LogP contribution < -0.4 is 5.32 Å². The van der Waals surface area contributed by atoms with Crippen molar-refractivity contribution in [3.05, 3.63) is 29.8 Å². The first-order valence-corrected chi connectivity index (χ1v) is 7.11. The predicted molar refractivity (Wildman–Crippen MR) is 81.4 cm³/mol. The number of amides is 1. The second-order valence-electron chi connectivity index (χ2n) is 4.94. The van der Waals surface area contributed by atoms with Crippen molar-refractivity contribution in [1.29, 1.82) is 5.26 Å². The van der Waals surface area contributed by atoms with Gasteiger partial charge in [-0.2, -0.15) is 5.26 Å². The van der Waals surface area contributed by atoms with Gasteiger partial charge in [0, 0.05) is 24.7 Å². The number of nitrogens with one attached hydrogen (secondary N) is 1. The maximum atomic E-state index is 11.9. The SMILES string of the molecule is CCC(CC)N(C)CCC(=O)Nc1cccc(C#N)c1. The lowest BCUT2D eigenvalue weighted by atomic mass is 10.1. The van der Waals surface area contributed by atoms with Gasteiger partial charge < -0.3 is 10.2 Å². The molecule has 0 atom stereocenters. The van der Waals surface area contributed by atoms with Crippen LogP contribution in [-0.2, 0) is 4.79 Å². The van der Waals surface area contributed by atoms with Gasteiger partial charge in [-0.1, -0.05) is 19.9 Å². The fraction of sp³-hybridized carbons (Fsp3) is 0.500. The van der Waals surface area contributed by atoms with Gasteiger partial charge in [-0.3, -0.25) is 4.79 Å². The predicted octanol–water partition coefficient (Wildman–Crippen LogP) is 3.01. The van der Waals surface area contributed by atoms with Crippen molar-refractivity contribution < 1.29 is 4.79 Å². The summed E-state index contributed by atoms with van der Waals surface area (Å²) in [6, 6.07) is 9.56. The van der Waals surface area contributed by atoms with E-state index in [2.05, 4.69) is 37.2 Å². The van der Waals surface area contributed by atoms with Gasteiger partial charge in [0.2, 0.25) is 5.91 Å². The molecule has 0 aliphatic rings. The minimum absolute atomic E-state index is 0.0158. The Kier molecular flexibility index (Phi) is 6.75. The van der Waals surface area contributed by atoms with E-state index >= 15 is 0 Å². The Hall–Kier alpha value is -1.86. The van der Waals surface area contributed by atoms with Gasteiger partial charge in [-0.25, -0.2) is 0 Å². The van der Waals surface area contributed by atoms with E-state index in [0.717, 1.165) is 19.4 Å². The second-order valence-corrected chi connectivity index (χ2v) is 4.94. The quantitative estimate of drug-likeness (QED) is 0.831. The largest absolute Gasteiger partial charge is 0.326 e. The first-order valence-electron chi connectivity index (χ1n) is 7.11. The molecular formula is C16H23N3O. The third-order valence-corrected chi connectivity index (χ3v) is 3.53. The number of nitrogens with zero attached hydrogens (tertiary/aromatic N) is 2. The van der Waals surface area contributed by atoms with Crippen LogP contribution in [0.2, 0.25) is 0 Å². The van der Waals surface area contributed by atoms with Crippen LogP contribution in [0.15, 0.2) is 24.3 Å². The lowest BCUT2D eigenvalue weighted by Gasteiger charge is -2.25. The van der Waals surface area contributed by atoms with E-state index in [9.17, 15) is 4.79 Å². The number of hydrogen-bond donors (Lipinski definition) is 1. The first-order chi connectivity index (χ1) is 9.60. The molecule has 1 amide bonds. The van der Waals surface area contributed by atoms with E-state index in [1.165, 1.54) is 0 Å². The molecule has 0 saturated carbocycles. The Labute approximate surface area is 121 Å². The number of carbonyl (C=O) groups is 1. The third-order valence-electron chi connectivity index (χ3n) is 3.53. The number of benzene rings is 1. The molecule has 0 spiro atoms. The normalized spacial score (nSPS) is 10.6. The third kappa shape index (κ3) is 5.02. The Morgan fingerprint density at radius 3 is 2.70 bits per heavy atom. The van der Waals surface area contributed by atoms with E-state index in [0.29, 0.717) is 23.7 Å². The van der Waals surface area contributed by atoms with E-state index < -0.39 is 0 Å². The van der Waals surface area contributed by atoms with Crippen molar-refractivity contribution >= 4 is 11.6 Å². The fourth-order valence-corrected chi connectivity index (χ4v) is 2.26. The molecule has 108 valence electrons. The minimum atomic E-state index is -0.0158. The van der Waals surface area contributed by atoms with Crippen LogP contribution in [-0.4, -0.2) is 30.4 Å². The number of hydrogen-bond acceptors (Lipinski definition) is 3. The van der Waals surface area contributed by atoms with E-state index in [4.69, 9.17) is 5.26 Å². The van der Waals surface area contributed by atoms with Gasteiger partial charge >= 0.3 is 0 Å². The molecule has 0 saturated heterocycles. The molecule has 0 bridgehead atoms. The zero-order valence-corrected chi connectivity index (χ0v) is 12.5. The summed E-state index contributed by atoms with van der Waals surface area (Å²) in [6.07, 6.45) is 2.65. The van der Waals surface area contributed by atoms with Crippen LogP contribution in [0.25, 0.3) is 0 Å². The average Bonchev–Trinajstić information content (AvgIpc) is 2.46. The number of anilines is 1. The van der Waals surface area contributed by atoms with Crippen molar-refractivity contribution in [3.8, 4) is 6.07 Å². The standard InChI is InChI=1S/C16H23N3O/c1-4-15(5-2)19(3)10-9-16(20)18-14-8-6-7-13(11-14)12-17/h6-8,11,15H,4-5,9-10H2,1-3H3,(H,18,20). The van der Waals surface area contributed by atoms with Gasteiger partial charge in [-0.05, 0) is 38.1 Å². The monoisotopic (exact) mass is 273 g/mol. The van der Waals surface area contributed by atoms with Gasteiger partial charge in [0.05, 0.1) is 11.6 Å². The van der Waals surface area contributed by atoms with Crippen LogP contribution >= 0.6 is 0 Å². The first kappa shape index (κ1) is 16.2. The Morgan fingerprint density at radius 1 is 1.40 bits per heavy atom. The molecule has 0 radical (unpaired) electrons. The van der Waals surface area contributed by atoms with Crippen molar-refractivity contribution in [2.75, 3.05) is 18.9 Å². The Bertz CT molecular complexity index is 475. The molecule has 1 aromatic rings. The Balaban J connectivity index is 2.46. The molecule has 0 aliphatic heterocycles. The lowest BCUT2D eigenvalue weighted by molar-refractivity contribution is -0.116. The molecule has 4 heteroatoms. The lowest BCUT2D eigenvalue weighted by Crippen LogP contribution is -2.33. The summed E-state index contributed by atoms with van der Waals surface area (Å²) in [5.41, 5.74) is 1.23. The zero-order valence-electron chi connectivity index (χ0n) is 12.5. The topological polar surface area (TPSA) is 56.1 Å².